The minimum Gasteiger partial charge on any atom is -0.456 e. The van der Waals surface area contributed by atoms with Crippen molar-refractivity contribution in [3.8, 4) is 0 Å². The van der Waals surface area contributed by atoms with Gasteiger partial charge in [-0.3, -0.25) is 4.79 Å². The number of rotatable bonds is 5. The molecule has 3 heterocycles. The van der Waals surface area contributed by atoms with Crippen molar-refractivity contribution >= 4 is 5.91 Å². The molecule has 1 aliphatic rings. The molecule has 3 rings (SSSR count). The highest BCUT2D eigenvalue weighted by molar-refractivity contribution is 5.91. The topological polar surface area (TPSA) is 72.4 Å². The van der Waals surface area contributed by atoms with Gasteiger partial charge in [-0.05, 0) is 44.7 Å². The van der Waals surface area contributed by atoms with Crippen LogP contribution in [-0.2, 0) is 6.42 Å². The molecular weight excluding hydrogens is 294 g/mol. The first-order valence-electron chi connectivity index (χ1n) is 8.39. The Kier molecular flexibility index (Phi) is 4.79. The zero-order chi connectivity index (χ0) is 16.2. The summed E-state index contributed by atoms with van der Waals surface area (Å²) in [4.78, 5) is 19.0. The minimum absolute atomic E-state index is 0.101. The van der Waals surface area contributed by atoms with Crippen molar-refractivity contribution in [3.05, 3.63) is 35.4 Å². The summed E-state index contributed by atoms with van der Waals surface area (Å²) in [6, 6.07) is 3.38. The Balaban J connectivity index is 1.78. The first-order chi connectivity index (χ1) is 11.2. The van der Waals surface area contributed by atoms with Crippen LogP contribution in [0, 0.1) is 6.92 Å². The van der Waals surface area contributed by atoms with E-state index in [1.54, 1.807) is 11.0 Å². The van der Waals surface area contributed by atoms with Crippen LogP contribution in [-0.4, -0.2) is 27.5 Å². The highest BCUT2D eigenvalue weighted by Gasteiger charge is 2.33. The maximum Gasteiger partial charge on any atom is 0.290 e. The highest BCUT2D eigenvalue weighted by atomic mass is 16.5. The number of carbonyl (C=O) groups excluding carboxylic acids is 1. The number of aryl methyl sites for hydroxylation is 2. The molecule has 0 saturated carbocycles. The zero-order valence-corrected chi connectivity index (χ0v) is 13.7. The molecule has 1 aliphatic heterocycles. The van der Waals surface area contributed by atoms with E-state index in [0.29, 0.717) is 18.2 Å². The maximum atomic E-state index is 12.7. The molecule has 2 aromatic heterocycles. The molecule has 6 nitrogen and oxygen atoms in total. The van der Waals surface area contributed by atoms with Crippen LogP contribution < -0.4 is 0 Å². The first kappa shape index (κ1) is 15.8. The average Bonchev–Trinajstić information content (AvgIpc) is 3.21. The SMILES string of the molecule is CCCCc1noc(C2CCCCN2C(=O)c2ccc(C)o2)n1. The van der Waals surface area contributed by atoms with Crippen LogP contribution in [0.15, 0.2) is 21.1 Å². The second-order valence-corrected chi connectivity index (χ2v) is 6.07. The number of nitrogens with zero attached hydrogens (tertiary/aromatic N) is 3. The molecule has 0 bridgehead atoms. The van der Waals surface area contributed by atoms with E-state index in [-0.39, 0.29) is 11.9 Å². The summed E-state index contributed by atoms with van der Waals surface area (Å²) in [6.45, 7) is 4.66. The summed E-state index contributed by atoms with van der Waals surface area (Å²) in [5, 5.41) is 4.05. The van der Waals surface area contributed by atoms with Gasteiger partial charge in [0.1, 0.15) is 11.8 Å². The van der Waals surface area contributed by atoms with Crippen molar-refractivity contribution in [3.63, 3.8) is 0 Å². The van der Waals surface area contributed by atoms with Gasteiger partial charge < -0.3 is 13.8 Å². The molecule has 23 heavy (non-hydrogen) atoms. The number of unbranched alkanes of at least 4 members (excludes halogenated alkanes) is 1. The first-order valence-corrected chi connectivity index (χ1v) is 8.39. The minimum atomic E-state index is -0.149. The Labute approximate surface area is 135 Å². The second kappa shape index (κ2) is 6.98. The molecule has 0 radical (unpaired) electrons. The zero-order valence-electron chi connectivity index (χ0n) is 13.7. The van der Waals surface area contributed by atoms with Gasteiger partial charge in [-0.2, -0.15) is 4.98 Å². The van der Waals surface area contributed by atoms with Crippen LogP contribution in [0.2, 0.25) is 0 Å². The molecule has 0 aliphatic carbocycles. The Morgan fingerprint density at radius 1 is 1.39 bits per heavy atom. The lowest BCUT2D eigenvalue weighted by molar-refractivity contribution is 0.0528. The third kappa shape index (κ3) is 3.46. The number of hydrogen-bond acceptors (Lipinski definition) is 5. The monoisotopic (exact) mass is 317 g/mol. The molecule has 0 N–H and O–H groups in total. The molecular formula is C17H23N3O3. The fourth-order valence-corrected chi connectivity index (χ4v) is 2.96. The van der Waals surface area contributed by atoms with E-state index < -0.39 is 0 Å². The number of amides is 1. The summed E-state index contributed by atoms with van der Waals surface area (Å²) in [5.74, 6) is 2.29. The van der Waals surface area contributed by atoms with Crippen LogP contribution >= 0.6 is 0 Å². The second-order valence-electron chi connectivity index (χ2n) is 6.07. The normalized spacial score (nSPS) is 18.3. The lowest BCUT2D eigenvalue weighted by atomic mass is 10.0. The Bertz CT molecular complexity index is 662. The quantitative estimate of drug-likeness (QED) is 0.841. The maximum absolute atomic E-state index is 12.7. The van der Waals surface area contributed by atoms with Gasteiger partial charge in [0.15, 0.2) is 11.6 Å². The van der Waals surface area contributed by atoms with Gasteiger partial charge in [-0.15, -0.1) is 0 Å². The third-order valence-electron chi connectivity index (χ3n) is 4.24. The van der Waals surface area contributed by atoms with Crippen molar-refractivity contribution in [2.45, 2.75) is 58.4 Å². The van der Waals surface area contributed by atoms with E-state index >= 15 is 0 Å². The van der Waals surface area contributed by atoms with E-state index in [9.17, 15) is 4.79 Å². The van der Waals surface area contributed by atoms with Crippen molar-refractivity contribution in [1.82, 2.24) is 15.0 Å². The third-order valence-corrected chi connectivity index (χ3v) is 4.24. The standard InChI is InChI=1S/C17H23N3O3/c1-3-4-8-15-18-16(23-19-15)13-7-5-6-11-20(13)17(21)14-10-9-12(2)22-14/h9-10,13H,3-8,11H2,1-2H3. The lowest BCUT2D eigenvalue weighted by Gasteiger charge is -2.32. The van der Waals surface area contributed by atoms with E-state index in [1.165, 1.54) is 0 Å². The van der Waals surface area contributed by atoms with E-state index in [4.69, 9.17) is 8.94 Å². The van der Waals surface area contributed by atoms with Crippen LogP contribution in [0.5, 0.6) is 0 Å². The smallest absolute Gasteiger partial charge is 0.290 e. The average molecular weight is 317 g/mol. The molecule has 1 unspecified atom stereocenters. The molecule has 1 amide bonds. The molecule has 1 fully saturated rings. The van der Waals surface area contributed by atoms with Gasteiger partial charge in [0.25, 0.3) is 5.91 Å². The van der Waals surface area contributed by atoms with E-state index in [2.05, 4.69) is 17.1 Å². The molecule has 124 valence electrons. The molecule has 1 atom stereocenters. The van der Waals surface area contributed by atoms with Crippen molar-refractivity contribution in [2.75, 3.05) is 6.54 Å². The van der Waals surface area contributed by atoms with Crippen molar-refractivity contribution < 1.29 is 13.7 Å². The predicted octanol–water partition coefficient (Wildman–Crippen LogP) is 3.68. The Morgan fingerprint density at radius 3 is 3.00 bits per heavy atom. The number of furan rings is 1. The number of carbonyl (C=O) groups is 1. The van der Waals surface area contributed by atoms with Crippen LogP contribution in [0.3, 0.4) is 0 Å². The highest BCUT2D eigenvalue weighted by Crippen LogP contribution is 2.31. The van der Waals surface area contributed by atoms with Gasteiger partial charge in [0.2, 0.25) is 5.89 Å². The van der Waals surface area contributed by atoms with Crippen LogP contribution in [0.1, 0.15) is 73.1 Å². The molecule has 1 saturated heterocycles. The summed E-state index contributed by atoms with van der Waals surface area (Å²) >= 11 is 0. The predicted molar refractivity (Wildman–Crippen MR) is 84.0 cm³/mol. The number of likely N-dealkylation sites (tertiary alicyclic amines) is 1. The van der Waals surface area contributed by atoms with Gasteiger partial charge in [-0.1, -0.05) is 18.5 Å². The van der Waals surface area contributed by atoms with Crippen LogP contribution in [0.25, 0.3) is 0 Å². The summed E-state index contributed by atoms with van der Waals surface area (Å²) in [6.07, 6.45) is 5.84. The lowest BCUT2D eigenvalue weighted by Crippen LogP contribution is -2.38. The summed E-state index contributed by atoms with van der Waals surface area (Å²) in [5.41, 5.74) is 0. The van der Waals surface area contributed by atoms with Crippen molar-refractivity contribution in [2.24, 2.45) is 0 Å². The summed E-state index contributed by atoms with van der Waals surface area (Å²) < 4.78 is 10.9. The van der Waals surface area contributed by atoms with Gasteiger partial charge >= 0.3 is 0 Å². The molecule has 0 aromatic carbocycles. The Hall–Kier alpha value is -2.11. The van der Waals surface area contributed by atoms with E-state index in [1.807, 2.05) is 13.0 Å². The largest absolute Gasteiger partial charge is 0.456 e. The fraction of sp³-hybridized carbons (Fsp3) is 0.588. The number of piperidine rings is 1. The number of hydrogen-bond donors (Lipinski definition) is 0. The van der Waals surface area contributed by atoms with Gasteiger partial charge in [-0.25, -0.2) is 0 Å². The van der Waals surface area contributed by atoms with E-state index in [0.717, 1.165) is 50.1 Å². The van der Waals surface area contributed by atoms with Crippen molar-refractivity contribution in [1.29, 1.82) is 0 Å². The molecule has 2 aromatic rings. The fourth-order valence-electron chi connectivity index (χ4n) is 2.96. The molecule has 6 heteroatoms. The van der Waals surface area contributed by atoms with Gasteiger partial charge in [0, 0.05) is 13.0 Å². The Morgan fingerprint density at radius 2 is 2.26 bits per heavy atom. The van der Waals surface area contributed by atoms with Gasteiger partial charge in [0.05, 0.1) is 0 Å². The van der Waals surface area contributed by atoms with Crippen LogP contribution in [0.4, 0.5) is 0 Å². The molecule has 0 spiro atoms. The number of aromatic nitrogens is 2. The summed E-state index contributed by atoms with van der Waals surface area (Å²) in [7, 11) is 0.